The minimum Gasteiger partial charge on any atom is -0.448 e. The summed E-state index contributed by atoms with van der Waals surface area (Å²) in [5, 5.41) is 1.07. The molecule has 0 saturated carbocycles. The largest absolute Gasteiger partial charge is 0.448 e. The van der Waals surface area contributed by atoms with Gasteiger partial charge in [0.25, 0.3) is 5.56 Å². The van der Waals surface area contributed by atoms with Gasteiger partial charge in [0, 0.05) is 19.5 Å². The van der Waals surface area contributed by atoms with Crippen molar-refractivity contribution in [2.75, 3.05) is 12.8 Å². The molecule has 0 atom stereocenters. The molecule has 0 spiro atoms. The summed E-state index contributed by atoms with van der Waals surface area (Å²) in [5.74, 6) is 0.809. The first-order valence-electron chi connectivity index (χ1n) is 6.28. The lowest BCUT2D eigenvalue weighted by Crippen LogP contribution is -2.35. The second-order valence-electron chi connectivity index (χ2n) is 4.67. The number of H-pyrrole nitrogens is 1. The van der Waals surface area contributed by atoms with Crippen LogP contribution in [0.2, 0.25) is 5.22 Å². The van der Waals surface area contributed by atoms with Gasteiger partial charge in [-0.05, 0) is 30.0 Å². The monoisotopic (exact) mass is 311 g/mol. The van der Waals surface area contributed by atoms with E-state index in [1.54, 1.807) is 6.07 Å². The smallest absolute Gasteiger partial charge is 0.256 e. The molecule has 0 aliphatic carbocycles. The van der Waals surface area contributed by atoms with Crippen LogP contribution in [0.25, 0.3) is 0 Å². The van der Waals surface area contributed by atoms with E-state index < -0.39 is 0 Å². The highest BCUT2D eigenvalue weighted by atomic mass is 35.5. The van der Waals surface area contributed by atoms with Gasteiger partial charge in [-0.25, -0.2) is 4.98 Å². The van der Waals surface area contributed by atoms with Crippen molar-refractivity contribution in [3.8, 4) is 0 Å². The Balaban J connectivity index is 1.80. The highest BCUT2D eigenvalue weighted by Crippen LogP contribution is 2.20. The van der Waals surface area contributed by atoms with Crippen molar-refractivity contribution in [3.63, 3.8) is 0 Å². The Morgan fingerprint density at radius 3 is 3.10 bits per heavy atom. The molecule has 0 unspecified atom stereocenters. The van der Waals surface area contributed by atoms with Crippen LogP contribution in [0.15, 0.2) is 26.5 Å². The second kappa shape index (κ2) is 5.63. The molecule has 0 radical (unpaired) electrons. The summed E-state index contributed by atoms with van der Waals surface area (Å²) < 4.78 is 5.36. The minimum absolute atomic E-state index is 0.0403. The molecular weight excluding hydrogens is 298 g/mol. The van der Waals surface area contributed by atoms with Crippen LogP contribution in [0.3, 0.4) is 0 Å². The number of nitrogens with zero attached hydrogens (tertiary/aromatic N) is 2. The average molecular weight is 312 g/mol. The first-order valence-corrected chi connectivity index (χ1v) is 7.88. The molecule has 3 rings (SSSR count). The van der Waals surface area contributed by atoms with E-state index in [0.29, 0.717) is 23.5 Å². The van der Waals surface area contributed by atoms with E-state index in [0.717, 1.165) is 30.0 Å². The summed E-state index contributed by atoms with van der Waals surface area (Å²) in [6.07, 6.45) is 2.68. The van der Waals surface area contributed by atoms with E-state index in [9.17, 15) is 4.79 Å². The first kappa shape index (κ1) is 13.7. The highest BCUT2D eigenvalue weighted by Gasteiger charge is 2.21. The molecule has 5 nitrogen and oxygen atoms in total. The molecule has 1 N–H and O–H groups in total. The molecule has 0 amide bonds. The lowest BCUT2D eigenvalue weighted by atomic mass is 10.1. The maximum atomic E-state index is 12.1. The molecule has 2 aromatic heterocycles. The topological polar surface area (TPSA) is 62.1 Å². The molecule has 7 heteroatoms. The molecule has 2 aromatic rings. The number of halogens is 1. The minimum atomic E-state index is -0.0403. The van der Waals surface area contributed by atoms with E-state index in [1.807, 2.05) is 12.3 Å². The van der Waals surface area contributed by atoms with E-state index in [1.165, 1.54) is 11.8 Å². The van der Waals surface area contributed by atoms with Gasteiger partial charge >= 0.3 is 0 Å². The summed E-state index contributed by atoms with van der Waals surface area (Å²) >= 11 is 7.22. The summed E-state index contributed by atoms with van der Waals surface area (Å²) in [4.78, 5) is 21.5. The maximum absolute atomic E-state index is 12.1. The molecule has 106 valence electrons. The number of aromatic amines is 1. The number of nitrogens with one attached hydrogen (secondary N) is 1. The van der Waals surface area contributed by atoms with Crippen molar-refractivity contribution in [3.05, 3.63) is 44.7 Å². The van der Waals surface area contributed by atoms with Crippen LogP contribution >= 0.6 is 23.4 Å². The van der Waals surface area contributed by atoms with Crippen LogP contribution in [-0.4, -0.2) is 27.7 Å². The van der Waals surface area contributed by atoms with Gasteiger partial charge in [0.1, 0.15) is 5.76 Å². The van der Waals surface area contributed by atoms with E-state index >= 15 is 0 Å². The predicted molar refractivity (Wildman–Crippen MR) is 78.2 cm³/mol. The highest BCUT2D eigenvalue weighted by molar-refractivity contribution is 7.98. The quantitative estimate of drug-likeness (QED) is 0.696. The molecule has 3 heterocycles. The number of hydrogen-bond acceptors (Lipinski definition) is 5. The van der Waals surface area contributed by atoms with Crippen molar-refractivity contribution in [1.29, 1.82) is 0 Å². The number of fused-ring (bicyclic) bond motifs is 1. The molecular formula is C13H14ClN3O2S. The Morgan fingerprint density at radius 1 is 1.55 bits per heavy atom. The van der Waals surface area contributed by atoms with Gasteiger partial charge in [-0.1, -0.05) is 11.8 Å². The van der Waals surface area contributed by atoms with Crippen LogP contribution < -0.4 is 5.56 Å². The summed E-state index contributed by atoms with van der Waals surface area (Å²) in [5.41, 5.74) is 1.63. The Morgan fingerprint density at radius 2 is 2.40 bits per heavy atom. The second-order valence-corrected chi connectivity index (χ2v) is 5.83. The van der Waals surface area contributed by atoms with Gasteiger partial charge in [0.15, 0.2) is 10.4 Å². The van der Waals surface area contributed by atoms with Crippen molar-refractivity contribution < 1.29 is 4.42 Å². The molecule has 1 aliphatic rings. The fourth-order valence-electron chi connectivity index (χ4n) is 2.35. The number of furan rings is 1. The number of thioether (sulfide) groups is 1. The van der Waals surface area contributed by atoms with Gasteiger partial charge in [-0.15, -0.1) is 0 Å². The fourth-order valence-corrected chi connectivity index (χ4v) is 2.91. The lowest BCUT2D eigenvalue weighted by Gasteiger charge is -2.26. The van der Waals surface area contributed by atoms with Crippen molar-refractivity contribution in [2.45, 2.75) is 24.7 Å². The fraction of sp³-hybridized carbons (Fsp3) is 0.385. The molecule has 20 heavy (non-hydrogen) atoms. The summed E-state index contributed by atoms with van der Waals surface area (Å²) in [7, 11) is 0. The zero-order valence-corrected chi connectivity index (χ0v) is 12.6. The Kier molecular flexibility index (Phi) is 3.87. The molecule has 0 saturated heterocycles. The first-order chi connectivity index (χ1) is 9.65. The third-order valence-corrected chi connectivity index (χ3v) is 4.11. The van der Waals surface area contributed by atoms with E-state index in [-0.39, 0.29) is 5.56 Å². The molecule has 0 aromatic carbocycles. The standard InChI is InChI=1S/C13H14ClN3O2S/c1-20-13-15-10-4-5-17(7-9(10)12(18)16-13)6-8-2-3-11(14)19-8/h2-3H,4-7H2,1H3,(H,15,16,18). The molecule has 0 bridgehead atoms. The molecule has 1 aliphatic heterocycles. The van der Waals surface area contributed by atoms with Gasteiger partial charge in [0.05, 0.1) is 17.8 Å². The summed E-state index contributed by atoms with van der Waals surface area (Å²) in [6, 6.07) is 3.59. The Bertz CT molecular complexity index is 682. The van der Waals surface area contributed by atoms with Gasteiger partial charge in [0.2, 0.25) is 0 Å². The van der Waals surface area contributed by atoms with Crippen LogP contribution in [0.4, 0.5) is 0 Å². The zero-order chi connectivity index (χ0) is 14.1. The number of rotatable bonds is 3. The Hall–Kier alpha value is -1.24. The van der Waals surface area contributed by atoms with Crippen LogP contribution in [0.1, 0.15) is 17.0 Å². The average Bonchev–Trinajstić information content (AvgIpc) is 2.84. The predicted octanol–water partition coefficient (Wildman–Crippen LogP) is 2.30. The van der Waals surface area contributed by atoms with E-state index in [4.69, 9.17) is 16.0 Å². The van der Waals surface area contributed by atoms with Crippen LogP contribution in [0.5, 0.6) is 0 Å². The number of aromatic nitrogens is 2. The van der Waals surface area contributed by atoms with Crippen molar-refractivity contribution >= 4 is 23.4 Å². The van der Waals surface area contributed by atoms with Crippen molar-refractivity contribution in [2.24, 2.45) is 0 Å². The Labute approximate surface area is 125 Å². The lowest BCUT2D eigenvalue weighted by molar-refractivity contribution is 0.222. The third kappa shape index (κ3) is 2.77. The van der Waals surface area contributed by atoms with Gasteiger partial charge < -0.3 is 9.40 Å². The SMILES string of the molecule is CSc1nc2c(c(=O)[nH]1)CN(Cc1ccc(Cl)o1)CC2. The molecule has 0 fully saturated rings. The van der Waals surface area contributed by atoms with E-state index in [2.05, 4.69) is 14.9 Å². The normalized spacial score (nSPS) is 15.3. The van der Waals surface area contributed by atoms with Crippen LogP contribution in [0, 0.1) is 0 Å². The van der Waals surface area contributed by atoms with Crippen molar-refractivity contribution in [1.82, 2.24) is 14.9 Å². The zero-order valence-electron chi connectivity index (χ0n) is 11.0. The van der Waals surface area contributed by atoms with Gasteiger partial charge in [-0.3, -0.25) is 9.69 Å². The van der Waals surface area contributed by atoms with Gasteiger partial charge in [-0.2, -0.15) is 0 Å². The maximum Gasteiger partial charge on any atom is 0.256 e. The number of hydrogen-bond donors (Lipinski definition) is 1. The van der Waals surface area contributed by atoms with Crippen LogP contribution in [-0.2, 0) is 19.5 Å². The summed E-state index contributed by atoms with van der Waals surface area (Å²) in [6.45, 7) is 2.09. The third-order valence-electron chi connectivity index (χ3n) is 3.33.